The molecule has 86 valence electrons. The van der Waals surface area contributed by atoms with Crippen LogP contribution >= 0.6 is 0 Å². The molecule has 0 saturated heterocycles. The van der Waals surface area contributed by atoms with E-state index >= 15 is 0 Å². The van der Waals surface area contributed by atoms with Gasteiger partial charge in [0.05, 0.1) is 0 Å². The Hall–Kier alpha value is -0.920. The van der Waals surface area contributed by atoms with Gasteiger partial charge in [-0.25, -0.2) is 0 Å². The summed E-state index contributed by atoms with van der Waals surface area (Å²) in [7, 11) is 0. The standard InChI is InChI=1S/C14H18O2/c15-13-11-7-8-12(14(13)16)10-6-4-2-1-3-5-9(10)11/h7-12H,1-6H2. The summed E-state index contributed by atoms with van der Waals surface area (Å²) in [4.78, 5) is 23.7. The number of rotatable bonds is 0. The first-order valence-electron chi connectivity index (χ1n) is 6.55. The van der Waals surface area contributed by atoms with Crippen molar-refractivity contribution in [2.45, 2.75) is 38.5 Å². The van der Waals surface area contributed by atoms with E-state index in [-0.39, 0.29) is 23.4 Å². The molecule has 16 heavy (non-hydrogen) atoms. The van der Waals surface area contributed by atoms with Crippen molar-refractivity contribution in [3.63, 3.8) is 0 Å². The van der Waals surface area contributed by atoms with E-state index in [1.807, 2.05) is 12.2 Å². The van der Waals surface area contributed by atoms with Gasteiger partial charge in [0, 0.05) is 11.8 Å². The maximum Gasteiger partial charge on any atom is 0.206 e. The van der Waals surface area contributed by atoms with E-state index in [2.05, 4.69) is 0 Å². The minimum atomic E-state index is -0.102. The summed E-state index contributed by atoms with van der Waals surface area (Å²) in [6.45, 7) is 0. The second-order valence-corrected chi connectivity index (χ2v) is 5.48. The van der Waals surface area contributed by atoms with E-state index in [0.29, 0.717) is 11.8 Å². The molecule has 0 spiro atoms. The Morgan fingerprint density at radius 2 is 1.19 bits per heavy atom. The summed E-state index contributed by atoms with van der Waals surface area (Å²) in [6, 6.07) is 0. The summed E-state index contributed by atoms with van der Waals surface area (Å²) in [5, 5.41) is 0. The minimum absolute atomic E-state index is 0.0689. The lowest BCUT2D eigenvalue weighted by molar-refractivity contribution is -0.147. The summed E-state index contributed by atoms with van der Waals surface area (Å²) < 4.78 is 0. The van der Waals surface area contributed by atoms with Gasteiger partial charge in [0.25, 0.3) is 0 Å². The van der Waals surface area contributed by atoms with E-state index in [1.165, 1.54) is 25.7 Å². The first kappa shape index (κ1) is 10.2. The molecule has 2 fully saturated rings. The van der Waals surface area contributed by atoms with Gasteiger partial charge in [-0.3, -0.25) is 9.59 Å². The molecular formula is C14H18O2. The van der Waals surface area contributed by atoms with Crippen molar-refractivity contribution in [3.05, 3.63) is 12.2 Å². The van der Waals surface area contributed by atoms with Crippen molar-refractivity contribution < 1.29 is 9.59 Å². The summed E-state index contributed by atoms with van der Waals surface area (Å²) in [5.74, 6) is 0.603. The molecule has 0 heterocycles. The zero-order valence-corrected chi connectivity index (χ0v) is 9.52. The molecule has 0 aliphatic heterocycles. The second kappa shape index (κ2) is 3.83. The van der Waals surface area contributed by atoms with Gasteiger partial charge in [0.2, 0.25) is 11.6 Å². The van der Waals surface area contributed by atoms with E-state index in [9.17, 15) is 9.59 Å². The Labute approximate surface area is 96.1 Å². The van der Waals surface area contributed by atoms with Gasteiger partial charge in [0.1, 0.15) is 0 Å². The highest BCUT2D eigenvalue weighted by atomic mass is 16.2. The largest absolute Gasteiger partial charge is 0.290 e. The molecule has 2 heteroatoms. The van der Waals surface area contributed by atoms with Gasteiger partial charge in [-0.2, -0.15) is 0 Å². The Morgan fingerprint density at radius 3 is 1.62 bits per heavy atom. The molecule has 4 unspecified atom stereocenters. The number of Topliss-reactive ketones (excluding diaryl/α,β-unsaturated/α-hetero) is 2. The van der Waals surface area contributed by atoms with Crippen LogP contribution in [0.15, 0.2) is 12.2 Å². The van der Waals surface area contributed by atoms with Crippen LogP contribution < -0.4 is 0 Å². The molecule has 0 aromatic carbocycles. The molecule has 2 nitrogen and oxygen atoms in total. The van der Waals surface area contributed by atoms with Gasteiger partial charge in [-0.1, -0.05) is 37.8 Å². The second-order valence-electron chi connectivity index (χ2n) is 5.48. The van der Waals surface area contributed by atoms with Gasteiger partial charge in [0.15, 0.2) is 0 Å². The molecule has 4 aliphatic carbocycles. The predicted molar refractivity (Wildman–Crippen MR) is 60.8 cm³/mol. The number of carbonyl (C=O) groups is 2. The van der Waals surface area contributed by atoms with Crippen LogP contribution in [0.25, 0.3) is 0 Å². The molecule has 0 aromatic heterocycles. The Kier molecular flexibility index (Phi) is 2.45. The van der Waals surface area contributed by atoms with Gasteiger partial charge in [-0.05, 0) is 24.7 Å². The number of carbonyl (C=O) groups excluding carboxylic acids is 2. The van der Waals surface area contributed by atoms with E-state index in [4.69, 9.17) is 0 Å². The van der Waals surface area contributed by atoms with Crippen molar-refractivity contribution >= 4 is 11.6 Å². The zero-order valence-electron chi connectivity index (χ0n) is 9.52. The zero-order chi connectivity index (χ0) is 11.1. The quantitative estimate of drug-likeness (QED) is 0.462. The number of hydrogen-bond acceptors (Lipinski definition) is 2. The van der Waals surface area contributed by atoms with Gasteiger partial charge in [-0.15, -0.1) is 0 Å². The smallest absolute Gasteiger partial charge is 0.206 e. The SMILES string of the molecule is O=C1C(=O)C2C=CC1C1CCCCCCC21. The van der Waals surface area contributed by atoms with E-state index in [0.717, 1.165) is 12.8 Å². The summed E-state index contributed by atoms with van der Waals surface area (Å²) in [6.07, 6.45) is 11.4. The van der Waals surface area contributed by atoms with E-state index in [1.54, 1.807) is 0 Å². The summed E-state index contributed by atoms with van der Waals surface area (Å²) >= 11 is 0. The fraction of sp³-hybridized carbons (Fsp3) is 0.714. The molecule has 0 aromatic rings. The lowest BCUT2D eigenvalue weighted by Crippen LogP contribution is -2.49. The number of allylic oxidation sites excluding steroid dienone is 2. The van der Waals surface area contributed by atoms with Crippen molar-refractivity contribution in [3.8, 4) is 0 Å². The third kappa shape index (κ3) is 1.39. The maximum absolute atomic E-state index is 11.8. The van der Waals surface area contributed by atoms with Crippen LogP contribution in [0.5, 0.6) is 0 Å². The van der Waals surface area contributed by atoms with Crippen LogP contribution in [0.1, 0.15) is 38.5 Å². The first-order chi connectivity index (χ1) is 7.79. The van der Waals surface area contributed by atoms with Crippen LogP contribution in [-0.4, -0.2) is 11.6 Å². The maximum atomic E-state index is 11.8. The Bertz CT molecular complexity index is 322. The fourth-order valence-corrected chi connectivity index (χ4v) is 3.85. The van der Waals surface area contributed by atoms with Gasteiger partial charge < -0.3 is 0 Å². The molecule has 0 N–H and O–H groups in total. The predicted octanol–water partition coefficient (Wildman–Crippen LogP) is 2.53. The number of hydrogen-bond donors (Lipinski definition) is 0. The van der Waals surface area contributed by atoms with Crippen LogP contribution in [-0.2, 0) is 9.59 Å². The third-order valence-electron chi connectivity index (χ3n) is 4.67. The number of fused-ring (bicyclic) bond motifs is 1. The lowest BCUT2D eigenvalue weighted by atomic mass is 9.58. The molecule has 0 amide bonds. The van der Waals surface area contributed by atoms with Crippen LogP contribution in [0.2, 0.25) is 0 Å². The van der Waals surface area contributed by atoms with E-state index < -0.39 is 0 Å². The minimum Gasteiger partial charge on any atom is -0.290 e. The Balaban J connectivity index is 1.92. The molecule has 2 bridgehead atoms. The summed E-state index contributed by atoms with van der Waals surface area (Å²) in [5.41, 5.74) is 0. The highest BCUT2D eigenvalue weighted by molar-refractivity contribution is 6.41. The molecule has 0 radical (unpaired) electrons. The molecule has 2 saturated carbocycles. The molecule has 4 rings (SSSR count). The molecule has 4 atom stereocenters. The molecule has 4 aliphatic rings. The van der Waals surface area contributed by atoms with Gasteiger partial charge >= 0.3 is 0 Å². The first-order valence-corrected chi connectivity index (χ1v) is 6.55. The Morgan fingerprint density at radius 1 is 0.750 bits per heavy atom. The van der Waals surface area contributed by atoms with Crippen LogP contribution in [0, 0.1) is 23.7 Å². The molecular weight excluding hydrogens is 200 g/mol. The van der Waals surface area contributed by atoms with Crippen molar-refractivity contribution in [1.29, 1.82) is 0 Å². The van der Waals surface area contributed by atoms with Crippen LogP contribution in [0.4, 0.5) is 0 Å². The third-order valence-corrected chi connectivity index (χ3v) is 4.67. The lowest BCUT2D eigenvalue weighted by Gasteiger charge is -2.44. The van der Waals surface area contributed by atoms with Crippen LogP contribution in [0.3, 0.4) is 0 Å². The topological polar surface area (TPSA) is 34.1 Å². The normalized spacial score (nSPS) is 42.8. The van der Waals surface area contributed by atoms with Crippen molar-refractivity contribution in [2.75, 3.05) is 0 Å². The monoisotopic (exact) mass is 218 g/mol. The number of ketones is 2. The van der Waals surface area contributed by atoms with Crippen molar-refractivity contribution in [2.24, 2.45) is 23.7 Å². The fourth-order valence-electron chi connectivity index (χ4n) is 3.85. The average molecular weight is 218 g/mol. The highest BCUT2D eigenvalue weighted by Crippen LogP contribution is 2.46. The highest BCUT2D eigenvalue weighted by Gasteiger charge is 2.49. The average Bonchev–Trinajstić information content (AvgIpc) is 2.25. The van der Waals surface area contributed by atoms with Crippen molar-refractivity contribution in [1.82, 2.24) is 0 Å².